The summed E-state index contributed by atoms with van der Waals surface area (Å²) >= 11 is 0. The van der Waals surface area contributed by atoms with Gasteiger partial charge in [-0.3, -0.25) is 9.59 Å². The molecule has 0 radical (unpaired) electrons. The Morgan fingerprint density at radius 1 is 0.889 bits per heavy atom. The highest BCUT2D eigenvalue weighted by Crippen LogP contribution is 2.16. The summed E-state index contributed by atoms with van der Waals surface area (Å²) in [5.41, 5.74) is 11.6. The smallest absolute Gasteiger partial charge is 0.204 e. The number of nitrogens with two attached hydrogens (primary N) is 2. The Morgan fingerprint density at radius 3 is 1.50 bits per heavy atom. The van der Waals surface area contributed by atoms with E-state index >= 15 is 0 Å². The Kier molecular flexibility index (Phi) is 5.06. The van der Waals surface area contributed by atoms with E-state index < -0.39 is 0 Å². The molecule has 0 aromatic heterocycles. The SMILES string of the molecule is CN(CCN)C1=CC(=O)C(N(C)CCN)=CC1=O. The maximum absolute atomic E-state index is 11.9. The molecule has 0 aromatic carbocycles. The van der Waals surface area contributed by atoms with Crippen LogP contribution in [0.25, 0.3) is 0 Å². The van der Waals surface area contributed by atoms with Crippen LogP contribution >= 0.6 is 0 Å². The molecule has 0 aliphatic heterocycles. The zero-order valence-electron chi connectivity index (χ0n) is 10.8. The number of carbonyl (C=O) groups is 2. The number of hydrogen-bond acceptors (Lipinski definition) is 6. The number of hydrogen-bond donors (Lipinski definition) is 2. The lowest BCUT2D eigenvalue weighted by Crippen LogP contribution is -2.35. The molecule has 0 saturated heterocycles. The average molecular weight is 252 g/mol. The summed E-state index contributed by atoms with van der Waals surface area (Å²) in [7, 11) is 3.48. The van der Waals surface area contributed by atoms with Crippen molar-refractivity contribution in [3.8, 4) is 0 Å². The highest BCUT2D eigenvalue weighted by Gasteiger charge is 2.24. The predicted octanol–water partition coefficient (Wildman–Crippen LogP) is -1.31. The van der Waals surface area contributed by atoms with E-state index in [2.05, 4.69) is 0 Å². The molecule has 0 saturated carbocycles. The van der Waals surface area contributed by atoms with Crippen molar-refractivity contribution in [1.82, 2.24) is 9.80 Å². The van der Waals surface area contributed by atoms with E-state index in [0.717, 1.165) is 0 Å². The maximum Gasteiger partial charge on any atom is 0.204 e. The van der Waals surface area contributed by atoms with E-state index in [0.29, 0.717) is 37.6 Å². The van der Waals surface area contributed by atoms with Gasteiger partial charge in [0.25, 0.3) is 0 Å². The first kappa shape index (κ1) is 14.4. The molecule has 0 unspecified atom stereocenters. The third kappa shape index (κ3) is 3.18. The Hall–Kier alpha value is -1.66. The minimum absolute atomic E-state index is 0.176. The van der Waals surface area contributed by atoms with Crippen molar-refractivity contribution in [3.05, 3.63) is 23.5 Å². The standard InChI is InChI=1S/C12H20N4O2/c1-15(5-3-13)9-7-12(18)10(8-11(9)17)16(2)6-4-14/h7-8H,3-6,13-14H2,1-2H3. The molecule has 0 bridgehead atoms. The van der Waals surface area contributed by atoms with E-state index in [9.17, 15) is 9.59 Å². The molecule has 0 fully saturated rings. The monoisotopic (exact) mass is 252 g/mol. The second-order valence-electron chi connectivity index (χ2n) is 4.21. The summed E-state index contributed by atoms with van der Waals surface area (Å²) in [6, 6.07) is 0. The number of carbonyl (C=O) groups excluding carboxylic acids is 2. The summed E-state index contributed by atoms with van der Waals surface area (Å²) in [5.74, 6) is -0.353. The van der Waals surface area contributed by atoms with Gasteiger partial charge in [0.15, 0.2) is 0 Å². The number of allylic oxidation sites excluding steroid dienone is 2. The molecule has 0 atom stereocenters. The van der Waals surface area contributed by atoms with Crippen molar-refractivity contribution in [1.29, 1.82) is 0 Å². The van der Waals surface area contributed by atoms with Crippen molar-refractivity contribution in [2.75, 3.05) is 40.3 Å². The van der Waals surface area contributed by atoms with Crippen LogP contribution in [0.4, 0.5) is 0 Å². The van der Waals surface area contributed by atoms with Gasteiger partial charge < -0.3 is 21.3 Å². The number of likely N-dealkylation sites (N-methyl/N-ethyl adjacent to an activating group) is 2. The van der Waals surface area contributed by atoms with Crippen LogP contribution in [0, 0.1) is 0 Å². The first-order chi connectivity index (χ1) is 8.51. The Morgan fingerprint density at radius 2 is 1.22 bits per heavy atom. The fourth-order valence-electron chi connectivity index (χ4n) is 1.76. The van der Waals surface area contributed by atoms with Gasteiger partial charge in [-0.05, 0) is 0 Å². The third-order valence-corrected chi connectivity index (χ3v) is 2.79. The first-order valence-electron chi connectivity index (χ1n) is 5.85. The lowest BCUT2D eigenvalue weighted by molar-refractivity contribution is -0.117. The Labute approximate surface area is 107 Å². The molecule has 1 rings (SSSR count). The van der Waals surface area contributed by atoms with Crippen LogP contribution < -0.4 is 11.5 Å². The van der Waals surface area contributed by atoms with Crippen molar-refractivity contribution in [3.63, 3.8) is 0 Å². The second kappa shape index (κ2) is 6.32. The first-order valence-corrected chi connectivity index (χ1v) is 5.85. The highest BCUT2D eigenvalue weighted by molar-refractivity contribution is 6.19. The highest BCUT2D eigenvalue weighted by atomic mass is 16.1. The molecule has 1 aliphatic carbocycles. The van der Waals surface area contributed by atoms with Crippen molar-refractivity contribution >= 4 is 11.6 Å². The normalized spacial score (nSPS) is 15.3. The number of nitrogens with zero attached hydrogens (tertiary/aromatic N) is 2. The van der Waals surface area contributed by atoms with Gasteiger partial charge >= 0.3 is 0 Å². The van der Waals surface area contributed by atoms with Gasteiger partial charge in [0.2, 0.25) is 11.6 Å². The molecule has 0 amide bonds. The Bertz CT molecular complexity index is 363. The Balaban J connectivity index is 2.86. The van der Waals surface area contributed by atoms with Gasteiger partial charge in [-0.15, -0.1) is 0 Å². The van der Waals surface area contributed by atoms with Crippen LogP contribution in [0.2, 0.25) is 0 Å². The van der Waals surface area contributed by atoms with E-state index in [-0.39, 0.29) is 11.6 Å². The van der Waals surface area contributed by atoms with E-state index in [1.54, 1.807) is 23.9 Å². The molecule has 6 nitrogen and oxygen atoms in total. The summed E-state index contributed by atoms with van der Waals surface area (Å²) < 4.78 is 0. The van der Waals surface area contributed by atoms with Gasteiger partial charge in [0, 0.05) is 52.4 Å². The molecule has 18 heavy (non-hydrogen) atoms. The second-order valence-corrected chi connectivity index (χ2v) is 4.21. The van der Waals surface area contributed by atoms with Gasteiger partial charge in [-0.1, -0.05) is 0 Å². The molecule has 1 aliphatic rings. The lowest BCUT2D eigenvalue weighted by atomic mass is 10.0. The molecule has 0 heterocycles. The van der Waals surface area contributed by atoms with E-state index in [4.69, 9.17) is 11.5 Å². The maximum atomic E-state index is 11.9. The number of ketones is 2. The fourth-order valence-corrected chi connectivity index (χ4v) is 1.76. The fraction of sp³-hybridized carbons (Fsp3) is 0.500. The molecule has 100 valence electrons. The van der Waals surface area contributed by atoms with Crippen molar-refractivity contribution in [2.45, 2.75) is 0 Å². The van der Waals surface area contributed by atoms with E-state index in [1.165, 1.54) is 12.2 Å². The van der Waals surface area contributed by atoms with Crippen LogP contribution in [0.5, 0.6) is 0 Å². The molecule has 0 spiro atoms. The van der Waals surface area contributed by atoms with Crippen LogP contribution in [-0.4, -0.2) is 61.6 Å². The van der Waals surface area contributed by atoms with Gasteiger partial charge in [0.1, 0.15) is 0 Å². The number of rotatable bonds is 6. The van der Waals surface area contributed by atoms with Crippen LogP contribution in [0.3, 0.4) is 0 Å². The minimum Gasteiger partial charge on any atom is -0.370 e. The molecular formula is C12H20N4O2. The van der Waals surface area contributed by atoms with E-state index in [1.807, 2.05) is 0 Å². The predicted molar refractivity (Wildman–Crippen MR) is 69.5 cm³/mol. The van der Waals surface area contributed by atoms with Gasteiger partial charge in [-0.25, -0.2) is 0 Å². The van der Waals surface area contributed by atoms with Crippen LogP contribution in [0.1, 0.15) is 0 Å². The van der Waals surface area contributed by atoms with Crippen LogP contribution in [-0.2, 0) is 9.59 Å². The zero-order chi connectivity index (χ0) is 13.7. The van der Waals surface area contributed by atoms with Crippen LogP contribution in [0.15, 0.2) is 23.5 Å². The summed E-state index contributed by atoms with van der Waals surface area (Å²) in [6.45, 7) is 1.93. The molecule has 0 aromatic rings. The summed E-state index contributed by atoms with van der Waals surface area (Å²) in [5, 5.41) is 0. The van der Waals surface area contributed by atoms with Gasteiger partial charge in [0.05, 0.1) is 11.4 Å². The quantitative estimate of drug-likeness (QED) is 0.570. The molecule has 6 heteroatoms. The summed E-state index contributed by atoms with van der Waals surface area (Å²) in [6.07, 6.45) is 2.72. The minimum atomic E-state index is -0.176. The van der Waals surface area contributed by atoms with Crippen molar-refractivity contribution < 1.29 is 9.59 Å². The molecule has 4 N–H and O–H groups in total. The summed E-state index contributed by atoms with van der Waals surface area (Å²) in [4.78, 5) is 27.3. The van der Waals surface area contributed by atoms with Crippen molar-refractivity contribution in [2.24, 2.45) is 11.5 Å². The largest absolute Gasteiger partial charge is 0.370 e. The topological polar surface area (TPSA) is 92.7 Å². The third-order valence-electron chi connectivity index (χ3n) is 2.79. The zero-order valence-corrected chi connectivity index (χ0v) is 10.8. The molecular weight excluding hydrogens is 232 g/mol. The van der Waals surface area contributed by atoms with Gasteiger partial charge in [-0.2, -0.15) is 0 Å². The lowest BCUT2D eigenvalue weighted by Gasteiger charge is -2.26. The average Bonchev–Trinajstić information content (AvgIpc) is 2.32.